The zero-order chi connectivity index (χ0) is 19.6. The number of ether oxygens (including phenoxy) is 2. The molecule has 1 N–H and O–H groups in total. The van der Waals surface area contributed by atoms with Crippen molar-refractivity contribution >= 4 is 12.0 Å². The molecule has 1 fully saturated rings. The smallest absolute Gasteiger partial charge is 0.407 e. The molecular formula is C19H24FN3O4. The van der Waals surface area contributed by atoms with E-state index in [4.69, 9.17) is 9.47 Å². The van der Waals surface area contributed by atoms with Crippen LogP contribution in [0.1, 0.15) is 49.5 Å². The number of hydrogen-bond donors (Lipinski definition) is 1. The fourth-order valence-electron chi connectivity index (χ4n) is 2.76. The van der Waals surface area contributed by atoms with Crippen molar-refractivity contribution in [1.29, 1.82) is 0 Å². The number of hydrogen-bond acceptors (Lipinski definition) is 5. The zero-order valence-electron chi connectivity index (χ0n) is 15.8. The predicted molar refractivity (Wildman–Crippen MR) is 96.1 cm³/mol. The van der Waals surface area contributed by atoms with Crippen LogP contribution in [0.15, 0.2) is 24.2 Å². The first-order chi connectivity index (χ1) is 12.8. The third kappa shape index (κ3) is 4.96. The van der Waals surface area contributed by atoms with Crippen molar-refractivity contribution in [3.05, 3.63) is 35.3 Å². The first-order valence-corrected chi connectivity index (χ1v) is 8.94. The topological polar surface area (TPSA) is 80.8 Å². The molecule has 8 heteroatoms. The van der Waals surface area contributed by atoms with E-state index in [2.05, 4.69) is 10.3 Å². The fraction of sp³-hybridized carbons (Fsp3) is 0.526. The zero-order valence-corrected chi connectivity index (χ0v) is 15.8. The first-order valence-electron chi connectivity index (χ1n) is 8.94. The lowest BCUT2D eigenvalue weighted by Crippen LogP contribution is -2.34. The van der Waals surface area contributed by atoms with Gasteiger partial charge < -0.3 is 19.7 Å². The van der Waals surface area contributed by atoms with Crippen LogP contribution in [-0.2, 0) is 11.3 Å². The van der Waals surface area contributed by atoms with E-state index >= 15 is 0 Å². The summed E-state index contributed by atoms with van der Waals surface area (Å²) >= 11 is 0. The predicted octanol–water partition coefficient (Wildman–Crippen LogP) is 2.96. The van der Waals surface area contributed by atoms with Gasteiger partial charge in [0.2, 0.25) is 5.88 Å². The lowest BCUT2D eigenvalue weighted by molar-refractivity contribution is 0.0531. The van der Waals surface area contributed by atoms with E-state index in [0.717, 1.165) is 18.4 Å². The van der Waals surface area contributed by atoms with Gasteiger partial charge in [0.05, 0.1) is 11.9 Å². The summed E-state index contributed by atoms with van der Waals surface area (Å²) in [4.78, 5) is 29.9. The summed E-state index contributed by atoms with van der Waals surface area (Å²) in [5.41, 5.74) is 1.08. The maximum atomic E-state index is 13.1. The van der Waals surface area contributed by atoms with Crippen LogP contribution in [0.3, 0.4) is 0 Å². The second kappa shape index (κ2) is 7.54. The van der Waals surface area contributed by atoms with E-state index in [9.17, 15) is 14.0 Å². The highest BCUT2D eigenvalue weighted by molar-refractivity contribution is 5.98. The molecule has 146 valence electrons. The van der Waals surface area contributed by atoms with E-state index in [1.165, 1.54) is 6.20 Å². The molecule has 0 saturated heterocycles. The van der Waals surface area contributed by atoms with Crippen molar-refractivity contribution in [2.75, 3.05) is 13.2 Å². The molecule has 2 aliphatic rings. The number of alkyl carbamates (subject to hydrolysis) is 1. The largest absolute Gasteiger partial charge is 0.473 e. The van der Waals surface area contributed by atoms with Gasteiger partial charge in [0, 0.05) is 37.0 Å². The molecule has 1 saturated carbocycles. The van der Waals surface area contributed by atoms with Crippen molar-refractivity contribution in [1.82, 2.24) is 15.2 Å². The molecule has 0 radical (unpaired) electrons. The van der Waals surface area contributed by atoms with Gasteiger partial charge in [-0.1, -0.05) is 0 Å². The van der Waals surface area contributed by atoms with Crippen molar-refractivity contribution in [2.45, 2.75) is 51.8 Å². The first kappa shape index (κ1) is 19.1. The Balaban J connectivity index is 1.51. The Morgan fingerprint density at radius 1 is 1.44 bits per heavy atom. The van der Waals surface area contributed by atoms with Crippen molar-refractivity contribution in [3.8, 4) is 5.88 Å². The van der Waals surface area contributed by atoms with Gasteiger partial charge >= 0.3 is 6.09 Å². The Bertz CT molecular complexity index is 769. The number of carbonyl (C=O) groups excluding carboxylic acids is 2. The Hall–Kier alpha value is -2.64. The summed E-state index contributed by atoms with van der Waals surface area (Å²) < 4.78 is 23.7. The number of nitrogens with zero attached hydrogens (tertiary/aromatic N) is 2. The third-order valence-corrected chi connectivity index (χ3v) is 4.20. The van der Waals surface area contributed by atoms with Crippen LogP contribution >= 0.6 is 0 Å². The average Bonchev–Trinajstić information content (AvgIpc) is 3.38. The highest BCUT2D eigenvalue weighted by Crippen LogP contribution is 2.35. The van der Waals surface area contributed by atoms with E-state index in [1.807, 2.05) is 4.90 Å². The van der Waals surface area contributed by atoms with Gasteiger partial charge in [0.25, 0.3) is 5.91 Å². The number of halogens is 1. The van der Waals surface area contributed by atoms with Gasteiger partial charge in [-0.3, -0.25) is 4.79 Å². The molecule has 1 aliphatic heterocycles. The second-order valence-electron chi connectivity index (χ2n) is 7.76. The molecule has 0 bridgehead atoms. The summed E-state index contributed by atoms with van der Waals surface area (Å²) in [5, 5.41) is 2.48. The summed E-state index contributed by atoms with van der Waals surface area (Å²) in [6.45, 7) is 5.69. The van der Waals surface area contributed by atoms with Crippen LogP contribution in [0.5, 0.6) is 5.88 Å². The Morgan fingerprint density at radius 3 is 2.81 bits per heavy atom. The highest BCUT2D eigenvalue weighted by atomic mass is 19.1. The molecule has 27 heavy (non-hydrogen) atoms. The van der Waals surface area contributed by atoms with Crippen LogP contribution in [0.2, 0.25) is 0 Å². The molecule has 1 aromatic heterocycles. The number of nitrogens with one attached hydrogen (secondary N) is 1. The standard InChI is InChI=1S/C19H24FN3O4/c1-19(2,3)27-18(25)22-8-12(7-20)11-26-16-6-13-10-23(14-4-5-14)17(24)15(13)9-21-16/h6-7,9,14H,4-5,8,10-11H2,1-3H3,(H,22,25)/b12-7+. The average molecular weight is 377 g/mol. The van der Waals surface area contributed by atoms with Gasteiger partial charge in [-0.15, -0.1) is 0 Å². The molecule has 0 aromatic carbocycles. The number of rotatable bonds is 6. The molecular weight excluding hydrogens is 353 g/mol. The minimum absolute atomic E-state index is 0.0115. The van der Waals surface area contributed by atoms with Gasteiger partial charge in [-0.05, 0) is 39.2 Å². The van der Waals surface area contributed by atoms with Gasteiger partial charge in [-0.25, -0.2) is 14.2 Å². The SMILES string of the molecule is CC(C)(C)OC(=O)NC/C(=C\F)COc1cc2c(cn1)C(=O)N(C1CC1)C2. The minimum atomic E-state index is -0.629. The molecule has 7 nitrogen and oxygen atoms in total. The normalized spacial score (nSPS) is 17.0. The maximum Gasteiger partial charge on any atom is 0.407 e. The van der Waals surface area contributed by atoms with Gasteiger partial charge in [-0.2, -0.15) is 0 Å². The highest BCUT2D eigenvalue weighted by Gasteiger charge is 2.38. The Kier molecular flexibility index (Phi) is 5.34. The van der Waals surface area contributed by atoms with Gasteiger partial charge in [0.1, 0.15) is 12.2 Å². The summed E-state index contributed by atoms with van der Waals surface area (Å²) in [6.07, 6.45) is 3.37. The lowest BCUT2D eigenvalue weighted by atomic mass is 10.2. The number of aromatic nitrogens is 1. The van der Waals surface area contributed by atoms with Crippen molar-refractivity contribution < 1.29 is 23.5 Å². The Labute approximate surface area is 157 Å². The molecule has 1 aromatic rings. The van der Waals surface area contributed by atoms with E-state index in [-0.39, 0.29) is 24.6 Å². The fourth-order valence-corrected chi connectivity index (χ4v) is 2.76. The van der Waals surface area contributed by atoms with Crippen LogP contribution in [-0.4, -0.2) is 46.7 Å². The molecule has 2 heterocycles. The number of pyridine rings is 1. The molecule has 0 unspecified atom stereocenters. The van der Waals surface area contributed by atoms with E-state index < -0.39 is 11.7 Å². The maximum absolute atomic E-state index is 13.1. The quantitative estimate of drug-likeness (QED) is 0.824. The van der Waals surface area contributed by atoms with Gasteiger partial charge in [0.15, 0.2) is 0 Å². The number of fused-ring (bicyclic) bond motifs is 1. The van der Waals surface area contributed by atoms with E-state index in [1.54, 1.807) is 26.8 Å². The number of carbonyl (C=O) groups is 2. The lowest BCUT2D eigenvalue weighted by Gasteiger charge is -2.20. The minimum Gasteiger partial charge on any atom is -0.473 e. The monoisotopic (exact) mass is 377 g/mol. The van der Waals surface area contributed by atoms with Crippen molar-refractivity contribution in [3.63, 3.8) is 0 Å². The summed E-state index contributed by atoms with van der Waals surface area (Å²) in [7, 11) is 0. The van der Waals surface area contributed by atoms with Crippen LogP contribution < -0.4 is 10.1 Å². The molecule has 0 spiro atoms. The number of amides is 2. The van der Waals surface area contributed by atoms with Crippen LogP contribution in [0.4, 0.5) is 9.18 Å². The molecule has 2 amide bonds. The van der Waals surface area contributed by atoms with Crippen LogP contribution in [0, 0.1) is 0 Å². The molecule has 0 atom stereocenters. The van der Waals surface area contributed by atoms with E-state index in [0.29, 0.717) is 30.4 Å². The second-order valence-corrected chi connectivity index (χ2v) is 7.76. The summed E-state index contributed by atoms with van der Waals surface area (Å²) in [5.74, 6) is 0.327. The molecule has 3 rings (SSSR count). The van der Waals surface area contributed by atoms with Crippen molar-refractivity contribution in [2.24, 2.45) is 0 Å². The third-order valence-electron chi connectivity index (χ3n) is 4.20. The summed E-state index contributed by atoms with van der Waals surface area (Å²) in [6, 6.07) is 2.06. The molecule has 1 aliphatic carbocycles. The Morgan fingerprint density at radius 2 is 2.19 bits per heavy atom. The van der Waals surface area contributed by atoms with Crippen LogP contribution in [0.25, 0.3) is 0 Å².